The molecule has 0 aliphatic carbocycles. The van der Waals surface area contributed by atoms with Gasteiger partial charge in [0.15, 0.2) is 9.84 Å². The lowest BCUT2D eigenvalue weighted by Gasteiger charge is -2.19. The Hall–Kier alpha value is -1.36. The summed E-state index contributed by atoms with van der Waals surface area (Å²) >= 11 is 0. The van der Waals surface area contributed by atoms with Gasteiger partial charge in [-0.1, -0.05) is 29.8 Å². The van der Waals surface area contributed by atoms with Crippen molar-refractivity contribution in [1.82, 2.24) is 5.32 Å². The van der Waals surface area contributed by atoms with Crippen LogP contribution in [0.3, 0.4) is 0 Å². The van der Waals surface area contributed by atoms with E-state index in [2.05, 4.69) is 5.32 Å². The summed E-state index contributed by atoms with van der Waals surface area (Å²) in [6.45, 7) is 7.12. The Balaban J connectivity index is 2.46. The van der Waals surface area contributed by atoms with Crippen LogP contribution in [0.4, 0.5) is 0 Å². The van der Waals surface area contributed by atoms with Crippen molar-refractivity contribution >= 4 is 15.7 Å². The van der Waals surface area contributed by atoms with E-state index in [9.17, 15) is 13.2 Å². The zero-order chi connectivity index (χ0) is 15.4. The molecule has 0 unspecified atom stereocenters. The molecule has 0 aliphatic heterocycles. The molecule has 0 fully saturated rings. The van der Waals surface area contributed by atoms with Crippen LogP contribution in [0.2, 0.25) is 0 Å². The van der Waals surface area contributed by atoms with Gasteiger partial charge in [0, 0.05) is 6.54 Å². The maximum Gasteiger partial charge on any atom is 0.224 e. The first kappa shape index (κ1) is 16.7. The summed E-state index contributed by atoms with van der Waals surface area (Å²) < 4.78 is 23.0. The number of amides is 1. The van der Waals surface area contributed by atoms with Crippen molar-refractivity contribution in [2.24, 2.45) is 0 Å². The third kappa shape index (κ3) is 4.96. The molecule has 1 amide bonds. The van der Waals surface area contributed by atoms with Crippen LogP contribution in [0, 0.1) is 6.92 Å². The van der Waals surface area contributed by atoms with E-state index in [-0.39, 0.29) is 24.6 Å². The number of nitrogens with one attached hydrogen (secondary N) is 1. The van der Waals surface area contributed by atoms with E-state index in [0.29, 0.717) is 0 Å². The van der Waals surface area contributed by atoms with E-state index < -0.39 is 14.6 Å². The van der Waals surface area contributed by atoms with Gasteiger partial charge in [-0.25, -0.2) is 8.42 Å². The number of benzene rings is 1. The fourth-order valence-electron chi connectivity index (χ4n) is 1.70. The topological polar surface area (TPSA) is 63.2 Å². The van der Waals surface area contributed by atoms with Gasteiger partial charge in [-0.2, -0.15) is 0 Å². The van der Waals surface area contributed by atoms with Gasteiger partial charge in [-0.05, 0) is 33.3 Å². The fraction of sp³-hybridized carbons (Fsp3) is 0.533. The van der Waals surface area contributed by atoms with Crippen LogP contribution in [-0.4, -0.2) is 31.4 Å². The largest absolute Gasteiger partial charge is 0.355 e. The van der Waals surface area contributed by atoms with Crippen molar-refractivity contribution in [2.45, 2.75) is 38.9 Å². The van der Waals surface area contributed by atoms with Gasteiger partial charge >= 0.3 is 0 Å². The Bertz CT molecular complexity index is 571. The summed E-state index contributed by atoms with van der Waals surface area (Å²) in [4.78, 5) is 11.8. The molecule has 0 saturated carbocycles. The van der Waals surface area contributed by atoms with Crippen molar-refractivity contribution in [3.05, 3.63) is 35.4 Å². The van der Waals surface area contributed by atoms with Gasteiger partial charge in [0.05, 0.1) is 16.9 Å². The maximum absolute atomic E-state index is 11.9. The number of rotatable bonds is 5. The molecule has 20 heavy (non-hydrogen) atoms. The van der Waals surface area contributed by atoms with Crippen LogP contribution in [0.5, 0.6) is 0 Å². The Morgan fingerprint density at radius 2 is 1.90 bits per heavy atom. The molecule has 0 radical (unpaired) electrons. The van der Waals surface area contributed by atoms with E-state index in [1.807, 2.05) is 31.2 Å². The van der Waals surface area contributed by atoms with Gasteiger partial charge in [0.25, 0.3) is 0 Å². The van der Waals surface area contributed by atoms with Gasteiger partial charge in [-0.15, -0.1) is 0 Å². The van der Waals surface area contributed by atoms with Gasteiger partial charge < -0.3 is 5.32 Å². The van der Waals surface area contributed by atoms with Crippen molar-refractivity contribution in [3.8, 4) is 0 Å². The number of carbonyl (C=O) groups is 1. The maximum atomic E-state index is 11.9. The highest BCUT2D eigenvalue weighted by atomic mass is 32.2. The SMILES string of the molecule is Cc1cccc(CC(=O)NCCS(=O)(=O)C(C)(C)C)c1. The van der Waals surface area contributed by atoms with Gasteiger partial charge in [0.1, 0.15) is 0 Å². The van der Waals surface area contributed by atoms with E-state index >= 15 is 0 Å². The van der Waals surface area contributed by atoms with Gasteiger partial charge in [-0.3, -0.25) is 4.79 Å². The number of hydrogen-bond donors (Lipinski definition) is 1. The Morgan fingerprint density at radius 1 is 1.25 bits per heavy atom. The number of aryl methyl sites for hydroxylation is 1. The average molecular weight is 297 g/mol. The molecule has 4 nitrogen and oxygen atoms in total. The predicted molar refractivity (Wildman–Crippen MR) is 81.4 cm³/mol. The molecule has 1 N–H and O–H groups in total. The van der Waals surface area contributed by atoms with E-state index in [0.717, 1.165) is 11.1 Å². The molecule has 5 heteroatoms. The van der Waals surface area contributed by atoms with Crippen molar-refractivity contribution in [2.75, 3.05) is 12.3 Å². The minimum absolute atomic E-state index is 0.0317. The summed E-state index contributed by atoms with van der Waals surface area (Å²) in [5, 5.41) is 2.66. The fourth-order valence-corrected chi connectivity index (χ4v) is 2.68. The monoisotopic (exact) mass is 297 g/mol. The normalized spacial score (nSPS) is 12.2. The highest BCUT2D eigenvalue weighted by Crippen LogP contribution is 2.15. The molecular weight excluding hydrogens is 274 g/mol. The molecule has 1 aromatic rings. The minimum Gasteiger partial charge on any atom is -0.355 e. The first-order valence-electron chi connectivity index (χ1n) is 6.66. The molecular formula is C15H23NO3S. The minimum atomic E-state index is -3.19. The third-order valence-corrected chi connectivity index (χ3v) is 5.68. The highest BCUT2D eigenvalue weighted by Gasteiger charge is 2.28. The summed E-state index contributed by atoms with van der Waals surface area (Å²) in [5.41, 5.74) is 2.03. The second-order valence-electron chi connectivity index (χ2n) is 5.95. The molecule has 0 atom stereocenters. The van der Waals surface area contributed by atoms with Crippen molar-refractivity contribution in [1.29, 1.82) is 0 Å². The lowest BCUT2D eigenvalue weighted by Crippen LogP contribution is -2.36. The van der Waals surface area contributed by atoms with Crippen molar-refractivity contribution in [3.63, 3.8) is 0 Å². The standard InChI is InChI=1S/C15H23NO3S/c1-12-6-5-7-13(10-12)11-14(17)16-8-9-20(18,19)15(2,3)4/h5-7,10H,8-9,11H2,1-4H3,(H,16,17). The Morgan fingerprint density at radius 3 is 2.45 bits per heavy atom. The van der Waals surface area contributed by atoms with Crippen LogP contribution in [0.15, 0.2) is 24.3 Å². The molecule has 0 bridgehead atoms. The molecule has 0 aromatic heterocycles. The Labute approximate surface area is 121 Å². The van der Waals surface area contributed by atoms with Gasteiger partial charge in [0.2, 0.25) is 5.91 Å². The van der Waals surface area contributed by atoms with Crippen molar-refractivity contribution < 1.29 is 13.2 Å². The van der Waals surface area contributed by atoms with Crippen LogP contribution in [0.25, 0.3) is 0 Å². The number of hydrogen-bond acceptors (Lipinski definition) is 3. The summed E-state index contributed by atoms with van der Waals surface area (Å²) in [6.07, 6.45) is 0.275. The predicted octanol–water partition coefficient (Wildman–Crippen LogP) is 1.87. The first-order valence-corrected chi connectivity index (χ1v) is 8.31. The molecule has 0 spiro atoms. The summed E-state index contributed by atoms with van der Waals surface area (Å²) in [5.74, 6) is -0.185. The van der Waals surface area contributed by atoms with Crippen LogP contribution in [0.1, 0.15) is 31.9 Å². The number of sulfone groups is 1. The molecule has 0 aliphatic rings. The summed E-state index contributed by atoms with van der Waals surface area (Å²) in [6, 6.07) is 7.71. The lowest BCUT2D eigenvalue weighted by molar-refractivity contribution is -0.120. The second-order valence-corrected chi connectivity index (χ2v) is 8.81. The second kappa shape index (κ2) is 6.39. The average Bonchev–Trinajstić information content (AvgIpc) is 2.26. The van der Waals surface area contributed by atoms with E-state index in [1.165, 1.54) is 0 Å². The van der Waals surface area contributed by atoms with E-state index in [4.69, 9.17) is 0 Å². The quantitative estimate of drug-likeness (QED) is 0.902. The highest BCUT2D eigenvalue weighted by molar-refractivity contribution is 7.92. The molecule has 112 valence electrons. The molecule has 0 saturated heterocycles. The zero-order valence-corrected chi connectivity index (χ0v) is 13.4. The molecule has 0 heterocycles. The molecule has 1 rings (SSSR count). The van der Waals surface area contributed by atoms with E-state index in [1.54, 1.807) is 20.8 Å². The summed E-state index contributed by atoms with van der Waals surface area (Å²) in [7, 11) is -3.19. The third-order valence-electron chi connectivity index (χ3n) is 3.07. The lowest BCUT2D eigenvalue weighted by atomic mass is 10.1. The van der Waals surface area contributed by atoms with Crippen LogP contribution >= 0.6 is 0 Å². The Kier molecular flexibility index (Phi) is 5.34. The smallest absolute Gasteiger partial charge is 0.224 e. The van der Waals surface area contributed by atoms with Crippen LogP contribution < -0.4 is 5.32 Å². The number of carbonyl (C=O) groups excluding carboxylic acids is 1. The van der Waals surface area contributed by atoms with Crippen LogP contribution in [-0.2, 0) is 21.1 Å². The zero-order valence-electron chi connectivity index (χ0n) is 12.6. The first-order chi connectivity index (χ1) is 9.12. The molecule has 1 aromatic carbocycles.